The van der Waals surface area contributed by atoms with Crippen LogP contribution in [0.2, 0.25) is 0 Å². The summed E-state index contributed by atoms with van der Waals surface area (Å²) in [7, 11) is 0. The third-order valence-electron chi connectivity index (χ3n) is 3.40. The second kappa shape index (κ2) is 4.76. The third kappa shape index (κ3) is 2.31. The molecule has 19 heavy (non-hydrogen) atoms. The van der Waals surface area contributed by atoms with E-state index in [0.29, 0.717) is 31.6 Å². The molecule has 2 amide bonds. The minimum Gasteiger partial charge on any atom is -0.361 e. The Morgan fingerprint density at radius 3 is 3.00 bits per heavy atom. The lowest BCUT2D eigenvalue weighted by Gasteiger charge is -2.19. The monoisotopic (exact) mass is 257 g/mol. The summed E-state index contributed by atoms with van der Waals surface area (Å²) in [5, 5.41) is 3.79. The van der Waals surface area contributed by atoms with Gasteiger partial charge in [-0.15, -0.1) is 0 Å². The molecule has 0 aliphatic carbocycles. The van der Waals surface area contributed by atoms with E-state index in [1.165, 1.54) is 0 Å². The highest BCUT2D eigenvalue weighted by atomic mass is 16.2. The molecule has 3 rings (SSSR count). The van der Waals surface area contributed by atoms with Crippen LogP contribution in [0.1, 0.15) is 16.8 Å². The lowest BCUT2D eigenvalue weighted by atomic mass is 10.1. The van der Waals surface area contributed by atoms with Crippen molar-refractivity contribution in [3.63, 3.8) is 0 Å². The van der Waals surface area contributed by atoms with Crippen molar-refractivity contribution in [2.24, 2.45) is 0 Å². The molecule has 1 aromatic heterocycles. The van der Waals surface area contributed by atoms with Crippen molar-refractivity contribution in [2.45, 2.75) is 6.42 Å². The topological polar surface area (TPSA) is 65.2 Å². The second-order valence-corrected chi connectivity index (χ2v) is 4.67. The minimum atomic E-state index is -0.0143. The van der Waals surface area contributed by atoms with E-state index in [2.05, 4.69) is 10.3 Å². The highest BCUT2D eigenvalue weighted by molar-refractivity contribution is 5.98. The van der Waals surface area contributed by atoms with Gasteiger partial charge in [-0.2, -0.15) is 0 Å². The lowest BCUT2D eigenvalue weighted by molar-refractivity contribution is -0.120. The number of aromatic nitrogens is 1. The molecular weight excluding hydrogens is 242 g/mol. The average molecular weight is 257 g/mol. The van der Waals surface area contributed by atoms with Crippen LogP contribution in [0.5, 0.6) is 0 Å². The largest absolute Gasteiger partial charge is 0.361 e. The summed E-state index contributed by atoms with van der Waals surface area (Å²) in [4.78, 5) is 28.5. The number of benzene rings is 1. The summed E-state index contributed by atoms with van der Waals surface area (Å²) < 4.78 is 0. The van der Waals surface area contributed by atoms with Gasteiger partial charge in [0.2, 0.25) is 5.91 Å². The zero-order chi connectivity index (χ0) is 13.2. The van der Waals surface area contributed by atoms with Gasteiger partial charge in [-0.25, -0.2) is 0 Å². The van der Waals surface area contributed by atoms with E-state index in [1.54, 1.807) is 4.90 Å². The van der Waals surface area contributed by atoms with Crippen LogP contribution in [-0.4, -0.2) is 41.3 Å². The normalized spacial score (nSPS) is 16.2. The maximum Gasteiger partial charge on any atom is 0.253 e. The number of amides is 2. The Balaban J connectivity index is 1.83. The molecule has 0 saturated carbocycles. The molecule has 1 aliphatic rings. The zero-order valence-corrected chi connectivity index (χ0v) is 10.5. The molecule has 5 heteroatoms. The predicted octanol–water partition coefficient (Wildman–Crippen LogP) is 1.13. The van der Waals surface area contributed by atoms with Crippen molar-refractivity contribution >= 4 is 22.7 Å². The van der Waals surface area contributed by atoms with Gasteiger partial charge in [0, 0.05) is 48.7 Å². The molecule has 98 valence electrons. The van der Waals surface area contributed by atoms with Gasteiger partial charge in [0.15, 0.2) is 0 Å². The number of rotatable bonds is 1. The van der Waals surface area contributed by atoms with Crippen molar-refractivity contribution in [1.29, 1.82) is 0 Å². The van der Waals surface area contributed by atoms with Crippen molar-refractivity contribution in [1.82, 2.24) is 15.2 Å². The SMILES string of the molecule is O=C1CCN(C(=O)c2ccc3[nH]ccc3c2)CCN1. The van der Waals surface area contributed by atoms with Crippen LogP contribution >= 0.6 is 0 Å². The fraction of sp³-hybridized carbons (Fsp3) is 0.286. The summed E-state index contributed by atoms with van der Waals surface area (Å²) in [5.41, 5.74) is 1.69. The van der Waals surface area contributed by atoms with Crippen molar-refractivity contribution in [2.75, 3.05) is 19.6 Å². The van der Waals surface area contributed by atoms with Crippen molar-refractivity contribution in [3.05, 3.63) is 36.0 Å². The van der Waals surface area contributed by atoms with Gasteiger partial charge < -0.3 is 15.2 Å². The Hall–Kier alpha value is -2.30. The number of nitrogens with one attached hydrogen (secondary N) is 2. The Bertz CT molecular complexity index is 632. The standard InChI is InChI=1S/C14H15N3O2/c18-13-4-7-17(8-6-16-13)14(19)11-1-2-12-10(9-11)3-5-15-12/h1-3,5,9,15H,4,6-8H2,(H,16,18). The molecule has 2 N–H and O–H groups in total. The Morgan fingerprint density at radius 2 is 2.11 bits per heavy atom. The first-order chi connectivity index (χ1) is 9.24. The average Bonchev–Trinajstić information content (AvgIpc) is 2.78. The smallest absolute Gasteiger partial charge is 0.253 e. The van der Waals surface area contributed by atoms with Crippen LogP contribution < -0.4 is 5.32 Å². The maximum atomic E-state index is 12.4. The van der Waals surface area contributed by atoms with Crippen LogP contribution in [0, 0.1) is 0 Å². The molecule has 0 unspecified atom stereocenters. The fourth-order valence-electron chi connectivity index (χ4n) is 2.34. The van der Waals surface area contributed by atoms with Crippen molar-refractivity contribution in [3.8, 4) is 0 Å². The molecule has 0 atom stereocenters. The van der Waals surface area contributed by atoms with E-state index in [0.717, 1.165) is 10.9 Å². The predicted molar refractivity (Wildman–Crippen MR) is 71.8 cm³/mol. The van der Waals surface area contributed by atoms with Crippen LogP contribution in [0.15, 0.2) is 30.5 Å². The Labute approximate surface area is 110 Å². The summed E-state index contributed by atoms with van der Waals surface area (Å²) in [6.45, 7) is 1.57. The molecule has 1 saturated heterocycles. The molecule has 1 aliphatic heterocycles. The minimum absolute atomic E-state index is 0.0105. The first-order valence-electron chi connectivity index (χ1n) is 6.37. The number of fused-ring (bicyclic) bond motifs is 1. The first-order valence-corrected chi connectivity index (χ1v) is 6.37. The number of hydrogen-bond donors (Lipinski definition) is 2. The van der Waals surface area contributed by atoms with Gasteiger partial charge in [-0.3, -0.25) is 9.59 Å². The number of hydrogen-bond acceptors (Lipinski definition) is 2. The van der Waals surface area contributed by atoms with Crippen LogP contribution in [-0.2, 0) is 4.79 Å². The summed E-state index contributed by atoms with van der Waals surface area (Å²) in [6, 6.07) is 7.55. The zero-order valence-electron chi connectivity index (χ0n) is 10.5. The van der Waals surface area contributed by atoms with Gasteiger partial charge in [0.05, 0.1) is 0 Å². The highest BCUT2D eigenvalue weighted by Gasteiger charge is 2.19. The van der Waals surface area contributed by atoms with E-state index in [4.69, 9.17) is 0 Å². The van der Waals surface area contributed by atoms with Crippen LogP contribution in [0.3, 0.4) is 0 Å². The maximum absolute atomic E-state index is 12.4. The molecule has 5 nitrogen and oxygen atoms in total. The number of carbonyl (C=O) groups excluding carboxylic acids is 2. The van der Waals surface area contributed by atoms with E-state index in [9.17, 15) is 9.59 Å². The third-order valence-corrected chi connectivity index (χ3v) is 3.40. The molecule has 1 aromatic carbocycles. The molecule has 2 heterocycles. The van der Waals surface area contributed by atoms with E-state index < -0.39 is 0 Å². The van der Waals surface area contributed by atoms with E-state index in [1.807, 2.05) is 30.5 Å². The Morgan fingerprint density at radius 1 is 1.21 bits per heavy atom. The molecule has 0 spiro atoms. The molecule has 2 aromatic rings. The van der Waals surface area contributed by atoms with Gasteiger partial charge >= 0.3 is 0 Å². The van der Waals surface area contributed by atoms with Crippen LogP contribution in [0.25, 0.3) is 10.9 Å². The number of aromatic amines is 1. The van der Waals surface area contributed by atoms with Gasteiger partial charge in [0.1, 0.15) is 0 Å². The number of carbonyl (C=O) groups is 2. The summed E-state index contributed by atoms with van der Waals surface area (Å²) >= 11 is 0. The molecule has 1 fully saturated rings. The van der Waals surface area contributed by atoms with Gasteiger partial charge in [-0.1, -0.05) is 0 Å². The van der Waals surface area contributed by atoms with E-state index in [-0.39, 0.29) is 11.8 Å². The quantitative estimate of drug-likeness (QED) is 0.804. The van der Waals surface area contributed by atoms with E-state index >= 15 is 0 Å². The highest BCUT2D eigenvalue weighted by Crippen LogP contribution is 2.16. The Kier molecular flexibility index (Phi) is 2.95. The van der Waals surface area contributed by atoms with Crippen LogP contribution in [0.4, 0.5) is 0 Å². The summed E-state index contributed by atoms with van der Waals surface area (Å²) in [6.07, 6.45) is 2.23. The summed E-state index contributed by atoms with van der Waals surface area (Å²) in [5.74, 6) is -0.00372. The molecule has 0 radical (unpaired) electrons. The van der Waals surface area contributed by atoms with Gasteiger partial charge in [0.25, 0.3) is 5.91 Å². The number of H-pyrrole nitrogens is 1. The first kappa shape index (κ1) is 11.8. The second-order valence-electron chi connectivity index (χ2n) is 4.67. The molecule has 0 bridgehead atoms. The number of nitrogens with zero attached hydrogens (tertiary/aromatic N) is 1. The van der Waals surface area contributed by atoms with Crippen molar-refractivity contribution < 1.29 is 9.59 Å². The fourth-order valence-corrected chi connectivity index (χ4v) is 2.34. The lowest BCUT2D eigenvalue weighted by Crippen LogP contribution is -2.34. The van der Waals surface area contributed by atoms with Gasteiger partial charge in [-0.05, 0) is 24.3 Å². The molecular formula is C14H15N3O2.